The molecule has 0 aliphatic rings. The van der Waals surface area contributed by atoms with Crippen molar-refractivity contribution in [1.82, 2.24) is 0 Å². The fraction of sp³-hybridized carbons (Fsp3) is 0. The van der Waals surface area contributed by atoms with E-state index in [-0.39, 0.29) is 18.4 Å². The predicted octanol–water partition coefficient (Wildman–Crippen LogP) is 3.86. The highest BCUT2D eigenvalue weighted by Gasteiger charge is 2.01. The quantitative estimate of drug-likeness (QED) is 0.385. The highest BCUT2D eigenvalue weighted by atomic mass is 35.5. The first-order valence-electron chi connectivity index (χ1n) is 8.22. The molecule has 0 aromatic heterocycles. The van der Waals surface area contributed by atoms with Crippen LogP contribution in [0.15, 0.2) is 88.8 Å². The van der Waals surface area contributed by atoms with Crippen molar-refractivity contribution in [2.45, 2.75) is 0 Å². The van der Waals surface area contributed by atoms with Crippen LogP contribution in [0.5, 0.6) is 11.5 Å². The first kappa shape index (κ1) is 20.6. The Hall–Kier alpha value is -3.71. The van der Waals surface area contributed by atoms with Gasteiger partial charge in [0.1, 0.15) is 11.5 Å². The second-order valence-corrected chi connectivity index (χ2v) is 5.62. The minimum atomic E-state index is -0.00364. The summed E-state index contributed by atoms with van der Waals surface area (Å²) in [6.45, 7) is 0. The molecule has 0 atom stereocenters. The normalized spacial score (nSPS) is 10.5. The number of rotatable bonds is 5. The van der Waals surface area contributed by atoms with Crippen LogP contribution in [0.4, 0.5) is 17.1 Å². The van der Waals surface area contributed by atoms with E-state index >= 15 is 0 Å². The highest BCUT2D eigenvalue weighted by Crippen LogP contribution is 2.27. The van der Waals surface area contributed by atoms with Crippen LogP contribution in [-0.4, -0.2) is 11.9 Å². The van der Waals surface area contributed by atoms with E-state index in [1.165, 1.54) is 0 Å². The average Bonchev–Trinajstić information content (AvgIpc) is 2.64. The Morgan fingerprint density at radius 1 is 0.714 bits per heavy atom. The molecule has 0 saturated heterocycles. The van der Waals surface area contributed by atoms with Gasteiger partial charge in [-0.2, -0.15) is 0 Å². The fourth-order valence-corrected chi connectivity index (χ4v) is 2.33. The zero-order valence-corrected chi connectivity index (χ0v) is 15.8. The lowest BCUT2D eigenvalue weighted by atomic mass is 10.3. The largest absolute Gasteiger partial charge is 0.457 e. The summed E-state index contributed by atoms with van der Waals surface area (Å²) in [7, 11) is 0. The van der Waals surface area contributed by atoms with Crippen molar-refractivity contribution in [3.8, 4) is 11.5 Å². The molecule has 0 radical (unpaired) electrons. The molecule has 3 aromatic rings. The van der Waals surface area contributed by atoms with E-state index in [0.717, 1.165) is 5.69 Å². The van der Waals surface area contributed by atoms with Crippen LogP contribution in [-0.2, 0) is 0 Å². The van der Waals surface area contributed by atoms with Gasteiger partial charge in [-0.05, 0) is 48.5 Å². The number of benzene rings is 3. The number of guanidine groups is 2. The minimum Gasteiger partial charge on any atom is -0.457 e. The molecule has 3 aromatic carbocycles. The molecule has 7 nitrogen and oxygen atoms in total. The van der Waals surface area contributed by atoms with Gasteiger partial charge in [0.05, 0.1) is 11.4 Å². The van der Waals surface area contributed by atoms with E-state index < -0.39 is 0 Å². The molecule has 3 rings (SSSR count). The zero-order chi connectivity index (χ0) is 19.1. The van der Waals surface area contributed by atoms with Crippen molar-refractivity contribution < 1.29 is 4.74 Å². The Morgan fingerprint density at radius 3 is 2.11 bits per heavy atom. The van der Waals surface area contributed by atoms with Crippen molar-refractivity contribution in [1.29, 1.82) is 0 Å². The van der Waals surface area contributed by atoms with Gasteiger partial charge in [-0.1, -0.05) is 24.3 Å². The molecule has 28 heavy (non-hydrogen) atoms. The molecular weight excluding hydrogens is 376 g/mol. The number of nitrogens with zero attached hydrogens (tertiary/aromatic N) is 2. The fourth-order valence-electron chi connectivity index (χ4n) is 2.33. The van der Waals surface area contributed by atoms with Crippen LogP contribution in [0.3, 0.4) is 0 Å². The number of nitrogens with two attached hydrogens (primary N) is 3. The average molecular weight is 397 g/mol. The third kappa shape index (κ3) is 6.22. The lowest BCUT2D eigenvalue weighted by molar-refractivity contribution is 0.483. The maximum atomic E-state index is 5.93. The van der Waals surface area contributed by atoms with Crippen LogP contribution in [0.1, 0.15) is 0 Å². The van der Waals surface area contributed by atoms with E-state index in [2.05, 4.69) is 15.3 Å². The van der Waals surface area contributed by atoms with E-state index in [1.807, 2.05) is 66.7 Å². The second kappa shape index (κ2) is 9.84. The van der Waals surface area contributed by atoms with Gasteiger partial charge in [0, 0.05) is 11.8 Å². The van der Waals surface area contributed by atoms with Gasteiger partial charge >= 0.3 is 0 Å². The Labute approximate surface area is 169 Å². The summed E-state index contributed by atoms with van der Waals surface area (Å²) in [4.78, 5) is 8.33. The molecule has 0 unspecified atom stereocenters. The predicted molar refractivity (Wildman–Crippen MR) is 117 cm³/mol. The monoisotopic (exact) mass is 396 g/mol. The maximum Gasteiger partial charge on any atom is 0.198 e. The van der Waals surface area contributed by atoms with Crippen LogP contribution >= 0.6 is 12.4 Å². The van der Waals surface area contributed by atoms with E-state index in [1.54, 1.807) is 12.1 Å². The van der Waals surface area contributed by atoms with Crippen LogP contribution in [0.25, 0.3) is 0 Å². The third-order valence-corrected chi connectivity index (χ3v) is 3.44. The lowest BCUT2D eigenvalue weighted by Gasteiger charge is -2.07. The number of halogens is 1. The summed E-state index contributed by atoms with van der Waals surface area (Å²) in [5.74, 6) is 1.58. The molecular formula is C20H21ClN6O. The first-order chi connectivity index (χ1) is 13.1. The molecule has 7 N–H and O–H groups in total. The minimum absolute atomic E-state index is 0. The molecule has 0 amide bonds. The highest BCUT2D eigenvalue weighted by molar-refractivity contribution is 5.93. The smallest absolute Gasteiger partial charge is 0.198 e. The van der Waals surface area contributed by atoms with E-state index in [0.29, 0.717) is 28.8 Å². The number of ether oxygens (including phenoxy) is 1. The molecule has 0 fully saturated rings. The zero-order valence-electron chi connectivity index (χ0n) is 14.9. The summed E-state index contributed by atoms with van der Waals surface area (Å²) in [5, 5.41) is 3.03. The van der Waals surface area contributed by atoms with Crippen molar-refractivity contribution in [2.75, 3.05) is 5.32 Å². The molecule has 0 aliphatic heterocycles. The molecule has 144 valence electrons. The molecule has 0 heterocycles. The van der Waals surface area contributed by atoms with Gasteiger partial charge in [0.2, 0.25) is 0 Å². The number of para-hydroxylation sites is 1. The number of nitrogens with one attached hydrogen (secondary N) is 1. The Morgan fingerprint density at radius 2 is 1.43 bits per heavy atom. The van der Waals surface area contributed by atoms with Crippen LogP contribution < -0.4 is 27.3 Å². The van der Waals surface area contributed by atoms with Crippen LogP contribution in [0, 0.1) is 0 Å². The summed E-state index contributed by atoms with van der Waals surface area (Å²) in [5.41, 5.74) is 18.9. The van der Waals surface area contributed by atoms with Gasteiger partial charge in [0.25, 0.3) is 0 Å². The topological polar surface area (TPSA) is 124 Å². The van der Waals surface area contributed by atoms with E-state index in [4.69, 9.17) is 21.9 Å². The first-order valence-corrected chi connectivity index (χ1v) is 8.22. The summed E-state index contributed by atoms with van der Waals surface area (Å²) >= 11 is 0. The standard InChI is InChI=1S/C20H20N6O.ClH/c21-19(22)24-16-7-4-8-18(13-16)27-17-11-9-15(10-12-17)26-20(23)25-14-5-2-1-3-6-14;/h1-13H,(H4,21,22,24)(H3,23,25,26);1H. The molecule has 0 aliphatic carbocycles. The number of hydrogen-bond acceptors (Lipinski definition) is 3. The van der Waals surface area contributed by atoms with Gasteiger partial charge in [-0.3, -0.25) is 0 Å². The summed E-state index contributed by atoms with van der Waals surface area (Å²) in [6.07, 6.45) is 0. The van der Waals surface area contributed by atoms with Crippen molar-refractivity contribution >= 4 is 41.4 Å². The summed E-state index contributed by atoms with van der Waals surface area (Å²) in [6, 6.07) is 24.0. The number of hydrogen-bond donors (Lipinski definition) is 4. The maximum absolute atomic E-state index is 5.93. The molecule has 0 bridgehead atoms. The van der Waals surface area contributed by atoms with Crippen molar-refractivity contribution in [3.05, 3.63) is 78.9 Å². The summed E-state index contributed by atoms with van der Waals surface area (Å²) < 4.78 is 5.81. The Kier molecular flexibility index (Phi) is 7.24. The lowest BCUT2D eigenvalue weighted by Crippen LogP contribution is -2.21. The number of aliphatic imine (C=N–C) groups is 2. The van der Waals surface area contributed by atoms with E-state index in [9.17, 15) is 0 Å². The molecule has 0 saturated carbocycles. The van der Waals surface area contributed by atoms with Gasteiger partial charge in [0.15, 0.2) is 11.9 Å². The SMILES string of the molecule is Cl.NC(N)=Nc1cccc(Oc2ccc(N=C(N)Nc3ccccc3)cc2)c1. The number of anilines is 1. The van der Waals surface area contributed by atoms with Gasteiger partial charge in [-0.25, -0.2) is 9.98 Å². The van der Waals surface area contributed by atoms with Crippen molar-refractivity contribution in [3.63, 3.8) is 0 Å². The van der Waals surface area contributed by atoms with Crippen molar-refractivity contribution in [2.24, 2.45) is 27.2 Å². The Bertz CT molecular complexity index is 954. The van der Waals surface area contributed by atoms with Gasteiger partial charge < -0.3 is 27.3 Å². The third-order valence-electron chi connectivity index (χ3n) is 3.44. The van der Waals surface area contributed by atoms with Crippen LogP contribution in [0.2, 0.25) is 0 Å². The molecule has 0 spiro atoms. The second-order valence-electron chi connectivity index (χ2n) is 5.62. The van der Waals surface area contributed by atoms with Gasteiger partial charge in [-0.15, -0.1) is 12.4 Å². The Balaban J connectivity index is 0.00000280. The molecule has 8 heteroatoms.